The summed E-state index contributed by atoms with van der Waals surface area (Å²) in [4.78, 5) is 13.4. The van der Waals surface area contributed by atoms with E-state index in [-0.39, 0.29) is 22.7 Å². The summed E-state index contributed by atoms with van der Waals surface area (Å²) in [5, 5.41) is 4.24. The molecule has 0 radical (unpaired) electrons. The summed E-state index contributed by atoms with van der Waals surface area (Å²) < 4.78 is 34.0. The number of sulfonamides is 1. The van der Waals surface area contributed by atoms with Gasteiger partial charge in [0.05, 0.1) is 35.5 Å². The molecule has 188 valence electrons. The van der Waals surface area contributed by atoms with E-state index in [9.17, 15) is 13.2 Å². The van der Waals surface area contributed by atoms with Gasteiger partial charge in [-0.25, -0.2) is 13.8 Å². The smallest absolute Gasteiger partial charge is 0.273 e. The number of hydrogen-bond acceptors (Lipinski definition) is 5. The minimum atomic E-state index is -3.98. The largest absolute Gasteiger partial charge is 0.497 e. The Morgan fingerprint density at radius 1 is 0.838 bits per heavy atom. The molecule has 4 rings (SSSR count). The molecule has 0 aliphatic rings. The first kappa shape index (κ1) is 25.7. The lowest BCUT2D eigenvalue weighted by Crippen LogP contribution is -2.33. The number of anilines is 1. The predicted molar refractivity (Wildman–Crippen MR) is 145 cm³/mol. The molecule has 0 bridgehead atoms. The van der Waals surface area contributed by atoms with Crippen LogP contribution in [0.2, 0.25) is 0 Å². The van der Waals surface area contributed by atoms with Gasteiger partial charge in [-0.2, -0.15) is 5.10 Å². The zero-order chi connectivity index (χ0) is 26.3. The zero-order valence-electron chi connectivity index (χ0n) is 20.5. The minimum absolute atomic E-state index is 0.0521. The van der Waals surface area contributed by atoms with Crippen LogP contribution in [-0.4, -0.2) is 27.1 Å². The second-order valence-electron chi connectivity index (χ2n) is 8.19. The van der Waals surface area contributed by atoms with Crippen LogP contribution in [0.1, 0.15) is 28.4 Å². The van der Waals surface area contributed by atoms with Gasteiger partial charge in [0.1, 0.15) is 5.75 Å². The summed E-state index contributed by atoms with van der Waals surface area (Å²) >= 11 is 0. The van der Waals surface area contributed by atoms with Crippen molar-refractivity contribution in [2.45, 2.75) is 18.4 Å². The van der Waals surface area contributed by atoms with Crippen LogP contribution in [0.25, 0.3) is 0 Å². The SMILES string of the molecule is COc1ccc(/C(C)=N\NC(=O)c2ccccc2N(Cc2ccccc2)S(=O)(=O)c2ccccc2)cc1. The number of amides is 1. The molecule has 0 aromatic heterocycles. The van der Waals surface area contributed by atoms with Crippen LogP contribution >= 0.6 is 0 Å². The molecule has 0 aliphatic carbocycles. The lowest BCUT2D eigenvalue weighted by Gasteiger charge is -2.26. The highest BCUT2D eigenvalue weighted by Crippen LogP contribution is 2.29. The molecule has 0 atom stereocenters. The number of hydrogen-bond donors (Lipinski definition) is 1. The Labute approximate surface area is 217 Å². The van der Waals surface area contributed by atoms with Gasteiger partial charge in [0, 0.05) is 0 Å². The van der Waals surface area contributed by atoms with Crippen molar-refractivity contribution in [1.29, 1.82) is 0 Å². The van der Waals surface area contributed by atoms with Gasteiger partial charge in [-0.1, -0.05) is 60.7 Å². The number of carbonyl (C=O) groups excluding carboxylic acids is 1. The number of ether oxygens (including phenoxy) is 1. The molecular weight excluding hydrogens is 486 g/mol. The summed E-state index contributed by atoms with van der Waals surface area (Å²) in [5.41, 5.74) is 5.20. The van der Waals surface area contributed by atoms with Crippen molar-refractivity contribution in [3.8, 4) is 5.75 Å². The molecule has 7 nitrogen and oxygen atoms in total. The van der Waals surface area contributed by atoms with Gasteiger partial charge in [-0.15, -0.1) is 0 Å². The molecule has 8 heteroatoms. The Bertz CT molecular complexity index is 1490. The number of nitrogens with zero attached hydrogens (tertiary/aromatic N) is 2. The van der Waals surface area contributed by atoms with Crippen molar-refractivity contribution in [3.05, 3.63) is 126 Å². The molecule has 0 fully saturated rings. The van der Waals surface area contributed by atoms with Crippen molar-refractivity contribution < 1.29 is 17.9 Å². The fraction of sp³-hybridized carbons (Fsp3) is 0.103. The maximum atomic E-state index is 13.8. The molecule has 4 aromatic rings. The highest BCUT2D eigenvalue weighted by atomic mass is 32.2. The lowest BCUT2D eigenvalue weighted by molar-refractivity contribution is 0.0955. The van der Waals surface area contributed by atoms with Crippen molar-refractivity contribution in [1.82, 2.24) is 5.43 Å². The van der Waals surface area contributed by atoms with E-state index in [1.807, 2.05) is 42.5 Å². The first-order valence-corrected chi connectivity index (χ1v) is 13.0. The third-order valence-electron chi connectivity index (χ3n) is 5.75. The molecule has 0 heterocycles. The summed E-state index contributed by atoms with van der Waals surface area (Å²) in [6.07, 6.45) is 0. The maximum Gasteiger partial charge on any atom is 0.273 e. The average molecular weight is 514 g/mol. The number of methoxy groups -OCH3 is 1. The number of hydrazone groups is 1. The van der Waals surface area contributed by atoms with Gasteiger partial charge < -0.3 is 4.74 Å². The van der Waals surface area contributed by atoms with Crippen LogP contribution in [-0.2, 0) is 16.6 Å². The number of nitrogens with one attached hydrogen (secondary N) is 1. The standard InChI is InChI=1S/C29H27N3O4S/c1-22(24-17-19-25(36-2)20-18-24)30-31-29(33)27-15-9-10-16-28(27)32(21-23-11-5-3-6-12-23)37(34,35)26-13-7-4-8-14-26/h3-20H,21H2,1-2H3,(H,31,33)/b30-22-. The molecule has 0 saturated heterocycles. The van der Waals surface area contributed by atoms with Crippen LogP contribution in [0.5, 0.6) is 5.75 Å². The van der Waals surface area contributed by atoms with E-state index in [0.717, 1.165) is 11.1 Å². The molecular formula is C29H27N3O4S. The highest BCUT2D eigenvalue weighted by Gasteiger charge is 2.28. The van der Waals surface area contributed by atoms with E-state index in [4.69, 9.17) is 4.74 Å². The van der Waals surface area contributed by atoms with Gasteiger partial charge in [-0.3, -0.25) is 9.10 Å². The van der Waals surface area contributed by atoms with E-state index in [1.165, 1.54) is 4.31 Å². The number of carbonyl (C=O) groups is 1. The predicted octanol–water partition coefficient (Wildman–Crippen LogP) is 5.24. The third-order valence-corrected chi connectivity index (χ3v) is 7.52. The Hall–Kier alpha value is -4.43. The van der Waals surface area contributed by atoms with Gasteiger partial charge in [0.15, 0.2) is 0 Å². The molecule has 1 N–H and O–H groups in total. The number of benzene rings is 4. The molecule has 0 unspecified atom stereocenters. The molecule has 1 amide bonds. The van der Waals surface area contributed by atoms with E-state index in [2.05, 4.69) is 10.5 Å². The highest BCUT2D eigenvalue weighted by molar-refractivity contribution is 7.92. The summed E-state index contributed by atoms with van der Waals surface area (Å²) in [5.74, 6) is 0.192. The minimum Gasteiger partial charge on any atom is -0.497 e. The quantitative estimate of drug-likeness (QED) is 0.245. The zero-order valence-corrected chi connectivity index (χ0v) is 21.4. The Kier molecular flexibility index (Phi) is 8.00. The van der Waals surface area contributed by atoms with Crippen LogP contribution in [0, 0.1) is 0 Å². The van der Waals surface area contributed by atoms with Crippen molar-refractivity contribution in [3.63, 3.8) is 0 Å². The molecule has 0 aliphatic heterocycles. The van der Waals surface area contributed by atoms with Crippen LogP contribution < -0.4 is 14.5 Å². The first-order valence-electron chi connectivity index (χ1n) is 11.6. The third kappa shape index (κ3) is 6.05. The normalized spacial score (nSPS) is 11.6. The second kappa shape index (κ2) is 11.5. The Morgan fingerprint density at radius 3 is 2.08 bits per heavy atom. The van der Waals surface area contributed by atoms with E-state index < -0.39 is 15.9 Å². The topological polar surface area (TPSA) is 88.1 Å². The van der Waals surface area contributed by atoms with Gasteiger partial charge in [0.25, 0.3) is 15.9 Å². The van der Waals surface area contributed by atoms with Crippen LogP contribution in [0.3, 0.4) is 0 Å². The van der Waals surface area contributed by atoms with Gasteiger partial charge in [-0.05, 0) is 66.6 Å². The summed E-state index contributed by atoms with van der Waals surface area (Å²) in [7, 11) is -2.39. The van der Waals surface area contributed by atoms with Crippen molar-refractivity contribution in [2.75, 3.05) is 11.4 Å². The van der Waals surface area contributed by atoms with E-state index >= 15 is 0 Å². The fourth-order valence-corrected chi connectivity index (χ4v) is 5.24. The monoisotopic (exact) mass is 513 g/mol. The Balaban J connectivity index is 1.69. The lowest BCUT2D eigenvalue weighted by atomic mass is 10.1. The van der Waals surface area contributed by atoms with Gasteiger partial charge >= 0.3 is 0 Å². The molecule has 37 heavy (non-hydrogen) atoms. The first-order chi connectivity index (χ1) is 17.9. The summed E-state index contributed by atoms with van der Waals surface area (Å²) in [6.45, 7) is 1.83. The maximum absolute atomic E-state index is 13.8. The van der Waals surface area contributed by atoms with E-state index in [0.29, 0.717) is 11.5 Å². The van der Waals surface area contributed by atoms with Crippen molar-refractivity contribution in [2.24, 2.45) is 5.10 Å². The second-order valence-corrected chi connectivity index (χ2v) is 10.1. The Morgan fingerprint density at radius 2 is 1.43 bits per heavy atom. The summed E-state index contributed by atoms with van der Waals surface area (Å²) in [6, 6.07) is 31.3. The number of rotatable bonds is 9. The van der Waals surface area contributed by atoms with Crippen molar-refractivity contribution >= 4 is 27.3 Å². The van der Waals surface area contributed by atoms with Crippen LogP contribution in [0.4, 0.5) is 5.69 Å². The van der Waals surface area contributed by atoms with Gasteiger partial charge in [0.2, 0.25) is 0 Å². The molecule has 0 saturated carbocycles. The average Bonchev–Trinajstić information content (AvgIpc) is 2.95. The number of para-hydroxylation sites is 1. The fourth-order valence-electron chi connectivity index (χ4n) is 3.74. The van der Waals surface area contributed by atoms with Crippen LogP contribution in [0.15, 0.2) is 119 Å². The molecule has 4 aromatic carbocycles. The van der Waals surface area contributed by atoms with E-state index in [1.54, 1.807) is 80.8 Å². The molecule has 0 spiro atoms.